The van der Waals surface area contributed by atoms with Crippen molar-refractivity contribution < 1.29 is 4.79 Å². The first kappa shape index (κ1) is 12.7. The molecule has 3 nitrogen and oxygen atoms in total. The van der Waals surface area contributed by atoms with Crippen molar-refractivity contribution >= 4 is 5.91 Å². The van der Waals surface area contributed by atoms with Crippen LogP contribution in [0.3, 0.4) is 0 Å². The minimum Gasteiger partial charge on any atom is -0.355 e. The van der Waals surface area contributed by atoms with Gasteiger partial charge in [0.05, 0.1) is 0 Å². The molecule has 0 aromatic heterocycles. The highest BCUT2D eigenvalue weighted by Crippen LogP contribution is 2.08. The number of carbonyl (C=O) groups is 1. The van der Waals surface area contributed by atoms with Crippen LogP contribution < -0.4 is 10.6 Å². The summed E-state index contributed by atoms with van der Waals surface area (Å²) < 4.78 is 0. The molecule has 1 aromatic carbocycles. The number of carbonyl (C=O) groups excluding carboxylic acids is 1. The van der Waals surface area contributed by atoms with Crippen LogP contribution in [0.5, 0.6) is 0 Å². The lowest BCUT2D eigenvalue weighted by Gasteiger charge is -2.07. The third-order valence-corrected chi connectivity index (χ3v) is 2.29. The van der Waals surface area contributed by atoms with E-state index in [1.54, 1.807) is 0 Å². The van der Waals surface area contributed by atoms with Crippen LogP contribution in [0.4, 0.5) is 0 Å². The minimum atomic E-state index is 0.0215. The fourth-order valence-corrected chi connectivity index (χ4v) is 1.73. The third kappa shape index (κ3) is 4.94. The second-order valence-electron chi connectivity index (χ2n) is 4.16. The van der Waals surface area contributed by atoms with E-state index in [9.17, 15) is 4.79 Å². The van der Waals surface area contributed by atoms with Crippen molar-refractivity contribution in [1.29, 1.82) is 0 Å². The SMILES string of the molecule is CC(=O)NCCNCc1cc(C)cc(C)c1. The van der Waals surface area contributed by atoms with Gasteiger partial charge in [-0.05, 0) is 19.4 Å². The summed E-state index contributed by atoms with van der Waals surface area (Å²) in [5, 5.41) is 6.05. The predicted molar refractivity (Wildman–Crippen MR) is 66.3 cm³/mol. The van der Waals surface area contributed by atoms with Gasteiger partial charge in [-0.25, -0.2) is 0 Å². The summed E-state index contributed by atoms with van der Waals surface area (Å²) in [5.41, 5.74) is 3.87. The fraction of sp³-hybridized carbons (Fsp3) is 0.462. The van der Waals surface area contributed by atoms with E-state index in [1.807, 2.05) is 0 Å². The summed E-state index contributed by atoms with van der Waals surface area (Å²) in [7, 11) is 0. The van der Waals surface area contributed by atoms with Crippen molar-refractivity contribution in [2.45, 2.75) is 27.3 Å². The van der Waals surface area contributed by atoms with Crippen LogP contribution in [0, 0.1) is 13.8 Å². The van der Waals surface area contributed by atoms with Gasteiger partial charge in [0.2, 0.25) is 5.91 Å². The summed E-state index contributed by atoms with van der Waals surface area (Å²) in [5.74, 6) is 0.0215. The van der Waals surface area contributed by atoms with E-state index in [4.69, 9.17) is 0 Å². The maximum atomic E-state index is 10.6. The zero-order valence-electron chi connectivity index (χ0n) is 10.3. The summed E-state index contributed by atoms with van der Waals surface area (Å²) in [6.07, 6.45) is 0. The molecule has 0 saturated heterocycles. The molecule has 88 valence electrons. The average molecular weight is 220 g/mol. The van der Waals surface area contributed by atoms with Crippen LogP contribution in [0.1, 0.15) is 23.6 Å². The molecule has 0 saturated carbocycles. The highest BCUT2D eigenvalue weighted by atomic mass is 16.1. The van der Waals surface area contributed by atoms with E-state index < -0.39 is 0 Å². The number of hydrogen-bond donors (Lipinski definition) is 2. The highest BCUT2D eigenvalue weighted by molar-refractivity contribution is 5.72. The van der Waals surface area contributed by atoms with Crippen molar-refractivity contribution in [2.24, 2.45) is 0 Å². The van der Waals surface area contributed by atoms with Crippen LogP contribution in [-0.2, 0) is 11.3 Å². The lowest BCUT2D eigenvalue weighted by Crippen LogP contribution is -2.29. The molecule has 1 rings (SSSR count). The van der Waals surface area contributed by atoms with Crippen LogP contribution in [-0.4, -0.2) is 19.0 Å². The van der Waals surface area contributed by atoms with Gasteiger partial charge in [0, 0.05) is 26.6 Å². The second-order valence-corrected chi connectivity index (χ2v) is 4.16. The Kier molecular flexibility index (Phi) is 4.99. The van der Waals surface area contributed by atoms with Crippen molar-refractivity contribution in [3.05, 3.63) is 34.9 Å². The van der Waals surface area contributed by atoms with Gasteiger partial charge >= 0.3 is 0 Å². The lowest BCUT2D eigenvalue weighted by atomic mass is 10.1. The predicted octanol–water partition coefficient (Wildman–Crippen LogP) is 1.53. The minimum absolute atomic E-state index is 0.0215. The van der Waals surface area contributed by atoms with Gasteiger partial charge in [-0.15, -0.1) is 0 Å². The molecule has 0 unspecified atom stereocenters. The Morgan fingerprint density at radius 3 is 2.31 bits per heavy atom. The molecule has 0 aliphatic carbocycles. The standard InChI is InChI=1S/C13H20N2O/c1-10-6-11(2)8-13(7-10)9-14-4-5-15-12(3)16/h6-8,14H,4-5,9H2,1-3H3,(H,15,16). The van der Waals surface area contributed by atoms with E-state index in [0.29, 0.717) is 6.54 Å². The third-order valence-electron chi connectivity index (χ3n) is 2.29. The van der Waals surface area contributed by atoms with E-state index in [1.165, 1.54) is 23.6 Å². The number of benzene rings is 1. The number of aryl methyl sites for hydroxylation is 2. The van der Waals surface area contributed by atoms with E-state index in [-0.39, 0.29) is 5.91 Å². The molecule has 0 spiro atoms. The largest absolute Gasteiger partial charge is 0.355 e. The molecule has 1 aromatic rings. The lowest BCUT2D eigenvalue weighted by molar-refractivity contribution is -0.118. The van der Waals surface area contributed by atoms with Crippen molar-refractivity contribution in [3.63, 3.8) is 0 Å². The van der Waals surface area contributed by atoms with Gasteiger partial charge in [-0.3, -0.25) is 4.79 Å². The number of nitrogens with one attached hydrogen (secondary N) is 2. The van der Waals surface area contributed by atoms with E-state index >= 15 is 0 Å². The van der Waals surface area contributed by atoms with Crippen LogP contribution in [0.15, 0.2) is 18.2 Å². The number of hydrogen-bond acceptors (Lipinski definition) is 2. The maximum absolute atomic E-state index is 10.6. The molecule has 0 fully saturated rings. The summed E-state index contributed by atoms with van der Waals surface area (Å²) in [4.78, 5) is 10.6. The maximum Gasteiger partial charge on any atom is 0.216 e. The molecule has 0 radical (unpaired) electrons. The topological polar surface area (TPSA) is 41.1 Å². The number of rotatable bonds is 5. The first-order valence-electron chi connectivity index (χ1n) is 5.60. The zero-order chi connectivity index (χ0) is 12.0. The quantitative estimate of drug-likeness (QED) is 0.739. The second kappa shape index (κ2) is 6.28. The Labute approximate surface area is 97.2 Å². The van der Waals surface area contributed by atoms with Crippen molar-refractivity contribution in [2.75, 3.05) is 13.1 Å². The Balaban J connectivity index is 2.29. The molecular weight excluding hydrogens is 200 g/mol. The molecule has 16 heavy (non-hydrogen) atoms. The Morgan fingerprint density at radius 2 is 1.75 bits per heavy atom. The summed E-state index contributed by atoms with van der Waals surface area (Å²) in [6, 6.07) is 6.53. The summed E-state index contributed by atoms with van der Waals surface area (Å²) >= 11 is 0. The first-order chi connectivity index (χ1) is 7.58. The molecule has 2 N–H and O–H groups in total. The average Bonchev–Trinajstić information content (AvgIpc) is 2.15. The first-order valence-corrected chi connectivity index (χ1v) is 5.60. The van der Waals surface area contributed by atoms with Gasteiger partial charge in [0.25, 0.3) is 0 Å². The molecule has 0 aliphatic rings. The highest BCUT2D eigenvalue weighted by Gasteiger charge is 1.96. The Morgan fingerprint density at radius 1 is 1.12 bits per heavy atom. The van der Waals surface area contributed by atoms with E-state index in [2.05, 4.69) is 42.7 Å². The molecule has 0 atom stereocenters. The monoisotopic (exact) mass is 220 g/mol. The molecule has 1 amide bonds. The molecule has 0 heterocycles. The van der Waals surface area contributed by atoms with Gasteiger partial charge < -0.3 is 10.6 Å². The molecule has 0 bridgehead atoms. The fourth-order valence-electron chi connectivity index (χ4n) is 1.73. The zero-order valence-corrected chi connectivity index (χ0v) is 10.3. The van der Waals surface area contributed by atoms with Gasteiger partial charge in [-0.2, -0.15) is 0 Å². The summed E-state index contributed by atoms with van der Waals surface area (Å²) in [6.45, 7) is 8.07. The van der Waals surface area contributed by atoms with Crippen molar-refractivity contribution in [3.8, 4) is 0 Å². The van der Waals surface area contributed by atoms with Crippen LogP contribution >= 0.6 is 0 Å². The molecule has 0 aliphatic heterocycles. The molecule has 3 heteroatoms. The molecular formula is C13H20N2O. The van der Waals surface area contributed by atoms with Crippen LogP contribution in [0.25, 0.3) is 0 Å². The van der Waals surface area contributed by atoms with E-state index in [0.717, 1.165) is 13.1 Å². The van der Waals surface area contributed by atoms with Crippen molar-refractivity contribution in [1.82, 2.24) is 10.6 Å². The van der Waals surface area contributed by atoms with Gasteiger partial charge in [0.1, 0.15) is 0 Å². The number of amides is 1. The van der Waals surface area contributed by atoms with Gasteiger partial charge in [0.15, 0.2) is 0 Å². The normalized spacial score (nSPS) is 10.2. The Bertz CT molecular complexity index is 341. The van der Waals surface area contributed by atoms with Gasteiger partial charge in [-0.1, -0.05) is 29.3 Å². The smallest absolute Gasteiger partial charge is 0.216 e. The Hall–Kier alpha value is -1.35. The van der Waals surface area contributed by atoms with Crippen LogP contribution in [0.2, 0.25) is 0 Å².